The maximum absolute atomic E-state index is 9.25. The molecule has 0 saturated carbocycles. The van der Waals surface area contributed by atoms with Crippen LogP contribution in [-0.4, -0.2) is 16.2 Å². The molecule has 1 aromatic heterocycles. The van der Waals surface area contributed by atoms with Crippen molar-refractivity contribution < 1.29 is 15.0 Å². The molecule has 0 spiro atoms. The second-order valence-electron chi connectivity index (χ2n) is 2.67. The fraction of sp³-hybridized carbons (Fsp3) is 0. The van der Waals surface area contributed by atoms with Gasteiger partial charge in [0.25, 0.3) is 0 Å². The van der Waals surface area contributed by atoms with Crippen molar-refractivity contribution >= 4 is 17.3 Å². The third-order valence-electron chi connectivity index (χ3n) is 1.36. The Hall–Kier alpha value is -2.07. The van der Waals surface area contributed by atoms with Gasteiger partial charge in [-0.25, -0.2) is 4.79 Å². The maximum atomic E-state index is 9.25. The van der Waals surface area contributed by atoms with Gasteiger partial charge in [0.15, 0.2) is 0 Å². The first-order chi connectivity index (χ1) is 8.16. The third-order valence-corrected chi connectivity index (χ3v) is 1.98. The van der Waals surface area contributed by atoms with E-state index in [9.17, 15) is 4.79 Å². The zero-order valence-electron chi connectivity index (χ0n) is 9.19. The second-order valence-corrected chi connectivity index (χ2v) is 3.49. The molecular formula is C13H14O3S. The lowest BCUT2D eigenvalue weighted by molar-refractivity contribution is -0.131. The van der Waals surface area contributed by atoms with Crippen molar-refractivity contribution in [3.8, 4) is 5.75 Å². The maximum Gasteiger partial charge on any atom is 0.327 e. The normalized spacial score (nSPS) is 7.76. The summed E-state index contributed by atoms with van der Waals surface area (Å²) >= 11 is 1.71. The van der Waals surface area contributed by atoms with Crippen LogP contribution in [0.4, 0.5) is 0 Å². The molecule has 2 aromatic rings. The van der Waals surface area contributed by atoms with Crippen LogP contribution >= 0.6 is 11.3 Å². The van der Waals surface area contributed by atoms with E-state index in [1.807, 2.05) is 29.0 Å². The van der Waals surface area contributed by atoms with E-state index in [2.05, 4.69) is 6.58 Å². The van der Waals surface area contributed by atoms with Crippen LogP contribution < -0.4 is 0 Å². The van der Waals surface area contributed by atoms with Crippen molar-refractivity contribution in [1.29, 1.82) is 0 Å². The third kappa shape index (κ3) is 11.9. The Kier molecular flexibility index (Phi) is 9.18. The smallest absolute Gasteiger partial charge is 0.327 e. The first-order valence-corrected chi connectivity index (χ1v) is 5.67. The van der Waals surface area contributed by atoms with Gasteiger partial charge in [-0.3, -0.25) is 0 Å². The number of rotatable bonds is 1. The Bertz CT molecular complexity index is 379. The minimum absolute atomic E-state index is 0.322. The van der Waals surface area contributed by atoms with E-state index in [1.165, 1.54) is 0 Å². The molecule has 0 unspecified atom stereocenters. The summed E-state index contributed by atoms with van der Waals surface area (Å²) < 4.78 is 0. The Morgan fingerprint density at radius 3 is 1.76 bits per heavy atom. The lowest BCUT2D eigenvalue weighted by Crippen LogP contribution is -1.82. The van der Waals surface area contributed by atoms with Gasteiger partial charge in [0.05, 0.1) is 0 Å². The van der Waals surface area contributed by atoms with E-state index in [4.69, 9.17) is 10.2 Å². The van der Waals surface area contributed by atoms with Crippen molar-refractivity contribution in [3.05, 3.63) is 65.9 Å². The number of thiophene rings is 1. The molecule has 0 aliphatic carbocycles. The zero-order chi connectivity index (χ0) is 12.9. The van der Waals surface area contributed by atoms with Crippen LogP contribution in [-0.2, 0) is 4.79 Å². The Balaban J connectivity index is 0.000000232. The van der Waals surface area contributed by atoms with E-state index in [0.29, 0.717) is 5.75 Å². The first-order valence-electron chi connectivity index (χ1n) is 4.73. The summed E-state index contributed by atoms with van der Waals surface area (Å²) in [6.07, 6.45) is 0.833. The molecule has 0 atom stereocenters. The number of phenols is 1. The topological polar surface area (TPSA) is 57.5 Å². The first kappa shape index (κ1) is 14.9. The molecule has 17 heavy (non-hydrogen) atoms. The summed E-state index contributed by atoms with van der Waals surface area (Å²) in [6, 6.07) is 12.7. The van der Waals surface area contributed by atoms with Gasteiger partial charge < -0.3 is 10.2 Å². The van der Waals surface area contributed by atoms with Crippen LogP contribution in [0.15, 0.2) is 65.9 Å². The molecule has 4 heteroatoms. The molecular weight excluding hydrogens is 236 g/mol. The van der Waals surface area contributed by atoms with Crippen molar-refractivity contribution in [3.63, 3.8) is 0 Å². The number of carboxylic acid groups (broad SMARTS) is 1. The molecule has 90 valence electrons. The number of benzene rings is 1. The molecule has 0 aliphatic heterocycles. The van der Waals surface area contributed by atoms with Gasteiger partial charge in [0.2, 0.25) is 0 Å². The Morgan fingerprint density at radius 1 is 1.12 bits per heavy atom. The quantitative estimate of drug-likeness (QED) is 0.763. The molecule has 0 amide bonds. The number of phenolic OH excluding ortho intramolecular Hbond substituents is 1. The summed E-state index contributed by atoms with van der Waals surface area (Å²) in [6.45, 7) is 2.96. The van der Waals surface area contributed by atoms with Gasteiger partial charge >= 0.3 is 5.97 Å². The molecule has 0 aliphatic rings. The van der Waals surface area contributed by atoms with Crippen molar-refractivity contribution in [1.82, 2.24) is 0 Å². The standard InChI is InChI=1S/C6H6O.C4H4S.C3H4O2/c7-6-4-2-1-3-5-6;1-2-4-5-3-1;1-2-3(4)5/h1-5,7H;1-4H;2H,1H2,(H,4,5). The van der Waals surface area contributed by atoms with Gasteiger partial charge in [-0.2, -0.15) is 11.3 Å². The molecule has 0 radical (unpaired) electrons. The predicted molar refractivity (Wildman–Crippen MR) is 70.3 cm³/mol. The zero-order valence-corrected chi connectivity index (χ0v) is 10.0. The van der Waals surface area contributed by atoms with Crippen molar-refractivity contribution in [2.24, 2.45) is 0 Å². The highest BCUT2D eigenvalue weighted by Gasteiger charge is 1.75. The van der Waals surface area contributed by atoms with Crippen LogP contribution in [0.25, 0.3) is 0 Å². The molecule has 2 N–H and O–H groups in total. The van der Waals surface area contributed by atoms with Gasteiger partial charge in [-0.1, -0.05) is 36.9 Å². The number of carboxylic acids is 1. The molecule has 0 saturated heterocycles. The van der Waals surface area contributed by atoms with E-state index in [0.717, 1.165) is 6.08 Å². The van der Waals surface area contributed by atoms with E-state index in [1.54, 1.807) is 35.6 Å². The number of aromatic hydroxyl groups is 1. The largest absolute Gasteiger partial charge is 0.508 e. The Morgan fingerprint density at radius 2 is 1.59 bits per heavy atom. The van der Waals surface area contributed by atoms with E-state index in [-0.39, 0.29) is 0 Å². The summed E-state index contributed by atoms with van der Waals surface area (Å²) in [5, 5.41) is 20.3. The summed E-state index contributed by atoms with van der Waals surface area (Å²) in [7, 11) is 0. The monoisotopic (exact) mass is 250 g/mol. The second kappa shape index (κ2) is 10.4. The fourth-order valence-electron chi connectivity index (χ4n) is 0.655. The molecule has 2 rings (SSSR count). The van der Waals surface area contributed by atoms with Crippen LogP contribution in [0.2, 0.25) is 0 Å². The van der Waals surface area contributed by atoms with Crippen molar-refractivity contribution in [2.75, 3.05) is 0 Å². The highest BCUT2D eigenvalue weighted by atomic mass is 32.1. The lowest BCUT2D eigenvalue weighted by Gasteiger charge is -1.82. The average Bonchev–Trinajstić information content (AvgIpc) is 2.89. The molecule has 0 bridgehead atoms. The number of carbonyl (C=O) groups is 1. The number of aliphatic carboxylic acids is 1. The van der Waals surface area contributed by atoms with Crippen LogP contribution in [0.1, 0.15) is 0 Å². The fourth-order valence-corrected chi connectivity index (χ4v) is 1.11. The predicted octanol–water partition coefficient (Wildman–Crippen LogP) is 3.40. The van der Waals surface area contributed by atoms with Crippen LogP contribution in [0.5, 0.6) is 5.75 Å². The van der Waals surface area contributed by atoms with Gasteiger partial charge in [-0.05, 0) is 22.9 Å². The van der Waals surface area contributed by atoms with Crippen LogP contribution in [0.3, 0.4) is 0 Å². The van der Waals surface area contributed by atoms with Crippen molar-refractivity contribution in [2.45, 2.75) is 0 Å². The number of para-hydroxylation sites is 1. The minimum atomic E-state index is -0.981. The highest BCUT2D eigenvalue weighted by Crippen LogP contribution is 2.02. The average molecular weight is 250 g/mol. The number of hydrogen-bond donors (Lipinski definition) is 2. The molecule has 1 heterocycles. The summed E-state index contributed by atoms with van der Waals surface area (Å²) in [5.41, 5.74) is 0. The van der Waals surface area contributed by atoms with E-state index < -0.39 is 5.97 Å². The Labute approximate surface area is 104 Å². The van der Waals surface area contributed by atoms with Gasteiger partial charge in [-0.15, -0.1) is 0 Å². The summed E-state index contributed by atoms with van der Waals surface area (Å²) in [4.78, 5) is 9.25. The summed E-state index contributed by atoms with van der Waals surface area (Å²) in [5.74, 6) is -0.660. The minimum Gasteiger partial charge on any atom is -0.508 e. The molecule has 1 aromatic carbocycles. The molecule has 0 fully saturated rings. The SMILES string of the molecule is C=CC(=O)O.Oc1ccccc1.c1ccsc1. The lowest BCUT2D eigenvalue weighted by atomic mass is 10.3. The highest BCUT2D eigenvalue weighted by molar-refractivity contribution is 7.07. The van der Waals surface area contributed by atoms with E-state index >= 15 is 0 Å². The molecule has 3 nitrogen and oxygen atoms in total. The van der Waals surface area contributed by atoms with Gasteiger partial charge in [0, 0.05) is 6.08 Å². The van der Waals surface area contributed by atoms with Gasteiger partial charge in [0.1, 0.15) is 5.75 Å². The van der Waals surface area contributed by atoms with Crippen LogP contribution in [0, 0.1) is 0 Å². The number of hydrogen-bond acceptors (Lipinski definition) is 3.